The van der Waals surface area contributed by atoms with Crippen LogP contribution in [0, 0.1) is 6.92 Å². The number of nitrogens with zero attached hydrogens (tertiary/aromatic N) is 6. The molecule has 10 nitrogen and oxygen atoms in total. The van der Waals surface area contributed by atoms with Crippen LogP contribution in [0.4, 0.5) is 0 Å². The van der Waals surface area contributed by atoms with Crippen molar-refractivity contribution < 1.29 is 14.3 Å². The summed E-state index contributed by atoms with van der Waals surface area (Å²) in [5.74, 6) is -0.607. The van der Waals surface area contributed by atoms with E-state index in [1.807, 2.05) is 35.7 Å². The van der Waals surface area contributed by atoms with Crippen molar-refractivity contribution >= 4 is 11.4 Å². The van der Waals surface area contributed by atoms with Gasteiger partial charge >= 0.3 is 11.8 Å². The van der Waals surface area contributed by atoms with Gasteiger partial charge in [0.1, 0.15) is 11.6 Å². The number of aromatic amines is 1. The van der Waals surface area contributed by atoms with Crippen molar-refractivity contribution in [3.05, 3.63) is 65.1 Å². The Hall–Kier alpha value is -3.53. The van der Waals surface area contributed by atoms with E-state index in [0.717, 1.165) is 22.6 Å². The standard InChI is InChI=1S/C20H21N7O3/c1-11-5-4-6-12-9-14(25-27(11)12)16-15-13(21-10-22-15)7-8-26(16)18(28)17-23-24-19(30-17)20(2,3)29/h4-6,9-10,16,29H,7-8H2,1-3H3,(H,21,22). The molecular weight excluding hydrogens is 386 g/mol. The van der Waals surface area contributed by atoms with E-state index in [4.69, 9.17) is 9.52 Å². The van der Waals surface area contributed by atoms with E-state index in [2.05, 4.69) is 20.2 Å². The third-order valence-corrected chi connectivity index (χ3v) is 5.29. The minimum atomic E-state index is -1.33. The molecule has 0 radical (unpaired) electrons. The van der Waals surface area contributed by atoms with Crippen molar-refractivity contribution in [1.82, 2.24) is 34.7 Å². The highest BCUT2D eigenvalue weighted by Crippen LogP contribution is 2.34. The molecule has 0 saturated carbocycles. The van der Waals surface area contributed by atoms with Gasteiger partial charge in [-0.1, -0.05) is 6.07 Å². The zero-order valence-electron chi connectivity index (χ0n) is 16.8. The molecule has 1 aliphatic rings. The van der Waals surface area contributed by atoms with Gasteiger partial charge in [-0.25, -0.2) is 9.50 Å². The van der Waals surface area contributed by atoms with Gasteiger partial charge in [-0.05, 0) is 39.0 Å². The third kappa shape index (κ3) is 2.88. The van der Waals surface area contributed by atoms with Crippen LogP contribution in [0.1, 0.15) is 59.2 Å². The number of hydrogen-bond acceptors (Lipinski definition) is 7. The lowest BCUT2D eigenvalue weighted by Crippen LogP contribution is -2.41. The topological polar surface area (TPSA) is 125 Å². The van der Waals surface area contributed by atoms with Crippen LogP contribution >= 0.6 is 0 Å². The summed E-state index contributed by atoms with van der Waals surface area (Å²) in [4.78, 5) is 22.6. The summed E-state index contributed by atoms with van der Waals surface area (Å²) in [6.07, 6.45) is 2.25. The van der Waals surface area contributed by atoms with Crippen LogP contribution in [-0.4, -0.2) is 52.2 Å². The molecule has 0 bridgehead atoms. The minimum absolute atomic E-state index is 0.0109. The predicted molar refractivity (Wildman–Crippen MR) is 105 cm³/mol. The second-order valence-corrected chi connectivity index (χ2v) is 7.96. The summed E-state index contributed by atoms with van der Waals surface area (Å²) >= 11 is 0. The summed E-state index contributed by atoms with van der Waals surface area (Å²) in [7, 11) is 0. The van der Waals surface area contributed by atoms with E-state index in [0.29, 0.717) is 18.7 Å². The fourth-order valence-corrected chi connectivity index (χ4v) is 3.78. The van der Waals surface area contributed by atoms with Crippen molar-refractivity contribution in [2.24, 2.45) is 0 Å². The Morgan fingerprint density at radius 1 is 1.33 bits per heavy atom. The van der Waals surface area contributed by atoms with E-state index in [9.17, 15) is 9.90 Å². The fourth-order valence-electron chi connectivity index (χ4n) is 3.78. The van der Waals surface area contributed by atoms with Gasteiger partial charge in [-0.3, -0.25) is 4.79 Å². The number of rotatable bonds is 3. The quantitative estimate of drug-likeness (QED) is 0.530. The average Bonchev–Trinajstić information content (AvgIpc) is 3.44. The van der Waals surface area contributed by atoms with E-state index in [1.54, 1.807) is 11.2 Å². The zero-order valence-corrected chi connectivity index (χ0v) is 16.8. The molecule has 0 aliphatic carbocycles. The van der Waals surface area contributed by atoms with Gasteiger partial charge < -0.3 is 19.4 Å². The van der Waals surface area contributed by atoms with Crippen LogP contribution in [0.2, 0.25) is 0 Å². The SMILES string of the molecule is Cc1cccc2cc(C3c4nc[nH]c4CCN3C(=O)c3nnc(C(C)(C)O)o3)nn12. The Morgan fingerprint density at radius 2 is 2.17 bits per heavy atom. The Labute approximate surface area is 171 Å². The molecule has 1 aliphatic heterocycles. The number of amides is 1. The molecule has 4 aromatic rings. The molecule has 0 saturated heterocycles. The number of aliphatic hydroxyl groups is 1. The summed E-state index contributed by atoms with van der Waals surface area (Å²) in [5, 5.41) is 22.5. The molecule has 4 aromatic heterocycles. The second-order valence-electron chi connectivity index (χ2n) is 7.96. The zero-order chi connectivity index (χ0) is 21.0. The van der Waals surface area contributed by atoms with Crippen LogP contribution in [0.5, 0.6) is 0 Å². The number of fused-ring (bicyclic) bond motifs is 2. The maximum Gasteiger partial charge on any atom is 0.312 e. The first-order valence-corrected chi connectivity index (χ1v) is 9.67. The summed E-state index contributed by atoms with van der Waals surface area (Å²) in [6, 6.07) is 7.38. The van der Waals surface area contributed by atoms with Crippen molar-refractivity contribution in [2.45, 2.75) is 38.8 Å². The smallest absolute Gasteiger partial charge is 0.312 e. The van der Waals surface area contributed by atoms with E-state index >= 15 is 0 Å². The lowest BCUT2D eigenvalue weighted by molar-refractivity contribution is 0.0440. The largest absolute Gasteiger partial charge is 0.414 e. The van der Waals surface area contributed by atoms with Crippen molar-refractivity contribution in [3.8, 4) is 0 Å². The predicted octanol–water partition coefficient (Wildman–Crippen LogP) is 1.76. The number of H-pyrrole nitrogens is 1. The maximum atomic E-state index is 13.3. The van der Waals surface area contributed by atoms with Crippen molar-refractivity contribution in [1.29, 1.82) is 0 Å². The second kappa shape index (κ2) is 6.49. The molecule has 1 atom stereocenters. The normalized spacial score (nSPS) is 16.8. The molecule has 0 fully saturated rings. The van der Waals surface area contributed by atoms with Crippen LogP contribution < -0.4 is 0 Å². The molecule has 5 rings (SSSR count). The van der Waals surface area contributed by atoms with Crippen LogP contribution in [0.25, 0.3) is 5.52 Å². The van der Waals surface area contributed by atoms with E-state index in [1.165, 1.54) is 13.8 Å². The van der Waals surface area contributed by atoms with Crippen molar-refractivity contribution in [2.75, 3.05) is 6.54 Å². The highest BCUT2D eigenvalue weighted by Gasteiger charge is 2.38. The molecule has 5 heterocycles. The lowest BCUT2D eigenvalue weighted by Gasteiger charge is -2.32. The lowest BCUT2D eigenvalue weighted by atomic mass is 9.99. The molecule has 2 N–H and O–H groups in total. The first-order chi connectivity index (χ1) is 14.3. The number of carbonyl (C=O) groups excluding carboxylic acids is 1. The van der Waals surface area contributed by atoms with Crippen molar-refractivity contribution in [3.63, 3.8) is 0 Å². The van der Waals surface area contributed by atoms with Gasteiger partial charge in [0.05, 0.1) is 23.2 Å². The van der Waals surface area contributed by atoms with Gasteiger partial charge in [0.2, 0.25) is 5.89 Å². The highest BCUT2D eigenvalue weighted by atomic mass is 16.4. The van der Waals surface area contributed by atoms with E-state index in [-0.39, 0.29) is 11.8 Å². The maximum absolute atomic E-state index is 13.3. The first-order valence-electron chi connectivity index (χ1n) is 9.67. The molecule has 30 heavy (non-hydrogen) atoms. The third-order valence-electron chi connectivity index (χ3n) is 5.29. The molecule has 154 valence electrons. The molecule has 1 amide bonds. The first kappa shape index (κ1) is 18.5. The monoisotopic (exact) mass is 407 g/mol. The van der Waals surface area contributed by atoms with Gasteiger partial charge in [0.15, 0.2) is 0 Å². The Balaban J connectivity index is 1.59. The number of hydrogen-bond donors (Lipinski definition) is 2. The van der Waals surface area contributed by atoms with Gasteiger partial charge in [0, 0.05) is 24.4 Å². The highest BCUT2D eigenvalue weighted by molar-refractivity contribution is 5.90. The van der Waals surface area contributed by atoms with Crippen LogP contribution in [0.3, 0.4) is 0 Å². The molecule has 0 aromatic carbocycles. The van der Waals surface area contributed by atoms with E-state index < -0.39 is 17.6 Å². The fraction of sp³-hybridized carbons (Fsp3) is 0.350. The summed E-state index contributed by atoms with van der Waals surface area (Å²) in [5.41, 5.74) is 3.01. The molecule has 1 unspecified atom stereocenters. The number of aromatic nitrogens is 6. The summed E-state index contributed by atoms with van der Waals surface area (Å²) in [6.45, 7) is 5.46. The molecule has 10 heteroatoms. The Morgan fingerprint density at radius 3 is 2.90 bits per heavy atom. The van der Waals surface area contributed by atoms with Gasteiger partial charge in [-0.2, -0.15) is 5.10 Å². The Bertz CT molecular complexity index is 1250. The van der Waals surface area contributed by atoms with Crippen LogP contribution in [0.15, 0.2) is 35.0 Å². The number of carbonyl (C=O) groups is 1. The Kier molecular flexibility index (Phi) is 4.00. The summed E-state index contributed by atoms with van der Waals surface area (Å²) < 4.78 is 7.32. The van der Waals surface area contributed by atoms with Crippen LogP contribution in [-0.2, 0) is 12.0 Å². The average molecular weight is 407 g/mol. The molecule has 0 spiro atoms. The van der Waals surface area contributed by atoms with Gasteiger partial charge in [0.25, 0.3) is 0 Å². The number of pyridine rings is 1. The molecular formula is C20H21N7O3. The van der Waals surface area contributed by atoms with Gasteiger partial charge in [-0.15, -0.1) is 10.2 Å². The number of imidazole rings is 1. The minimum Gasteiger partial charge on any atom is -0.414 e. The number of nitrogens with one attached hydrogen (secondary N) is 1. The number of aryl methyl sites for hydroxylation is 1.